The molecule has 0 bridgehead atoms. The number of hydrogen-bond donors (Lipinski definition) is 0. The molecule has 1 aromatic rings. The molecule has 4 heteroatoms. The third kappa shape index (κ3) is 2.77. The Morgan fingerprint density at radius 3 is 2.71 bits per heavy atom. The number of carbonyl (C=O) groups excluding carboxylic acids is 1. The van der Waals surface area contributed by atoms with Gasteiger partial charge < -0.3 is 9.64 Å². The second kappa shape index (κ2) is 6.06. The number of carbonyl (C=O) groups is 1. The molecule has 0 saturated carbocycles. The molecule has 0 aromatic heterocycles. The predicted molar refractivity (Wildman–Crippen MR) is 82.5 cm³/mol. The van der Waals surface area contributed by atoms with Gasteiger partial charge >= 0.3 is 0 Å². The number of fused-ring (bicyclic) bond motifs is 1. The number of benzene rings is 1. The number of ether oxygens (including phenoxy) is 1. The van der Waals surface area contributed by atoms with E-state index in [0.29, 0.717) is 12.5 Å². The summed E-state index contributed by atoms with van der Waals surface area (Å²) in [7, 11) is 1.72. The molecule has 1 fully saturated rings. The number of rotatable bonds is 3. The Hall–Kier alpha value is -1.55. The van der Waals surface area contributed by atoms with E-state index < -0.39 is 0 Å². The van der Waals surface area contributed by atoms with Gasteiger partial charge in [-0.3, -0.25) is 9.69 Å². The van der Waals surface area contributed by atoms with Gasteiger partial charge in [0.15, 0.2) is 0 Å². The van der Waals surface area contributed by atoms with Gasteiger partial charge in [-0.15, -0.1) is 0 Å². The highest BCUT2D eigenvalue weighted by Crippen LogP contribution is 2.38. The van der Waals surface area contributed by atoms with Crippen molar-refractivity contribution in [2.24, 2.45) is 0 Å². The lowest BCUT2D eigenvalue weighted by Crippen LogP contribution is -2.49. The molecule has 1 amide bonds. The summed E-state index contributed by atoms with van der Waals surface area (Å²) in [5.74, 6) is 1.23. The number of amides is 1. The van der Waals surface area contributed by atoms with E-state index in [9.17, 15) is 4.79 Å². The van der Waals surface area contributed by atoms with E-state index in [2.05, 4.69) is 23.1 Å². The first kappa shape index (κ1) is 14.4. The van der Waals surface area contributed by atoms with E-state index in [1.165, 1.54) is 17.5 Å². The number of piperazine rings is 1. The maximum Gasteiger partial charge on any atom is 0.222 e. The fourth-order valence-corrected chi connectivity index (χ4v) is 3.57. The van der Waals surface area contributed by atoms with Crippen molar-refractivity contribution in [3.63, 3.8) is 0 Å². The summed E-state index contributed by atoms with van der Waals surface area (Å²) in [6.45, 7) is 5.62. The van der Waals surface area contributed by atoms with Crippen molar-refractivity contribution in [1.82, 2.24) is 9.80 Å². The summed E-state index contributed by atoms with van der Waals surface area (Å²) in [5, 5.41) is 0. The molecule has 2 aliphatic rings. The van der Waals surface area contributed by atoms with Crippen LogP contribution in [0.15, 0.2) is 18.2 Å². The van der Waals surface area contributed by atoms with Crippen LogP contribution < -0.4 is 4.74 Å². The topological polar surface area (TPSA) is 32.8 Å². The predicted octanol–water partition coefficient (Wildman–Crippen LogP) is 2.24. The molecule has 0 unspecified atom stereocenters. The van der Waals surface area contributed by atoms with Gasteiger partial charge in [-0.2, -0.15) is 0 Å². The number of methoxy groups -OCH3 is 1. The molecule has 0 N–H and O–H groups in total. The summed E-state index contributed by atoms with van der Waals surface area (Å²) < 4.78 is 5.37. The van der Waals surface area contributed by atoms with Gasteiger partial charge in [0, 0.05) is 38.6 Å². The minimum Gasteiger partial charge on any atom is -0.497 e. The Bertz CT molecular complexity index is 522. The fourth-order valence-electron chi connectivity index (χ4n) is 3.57. The summed E-state index contributed by atoms with van der Waals surface area (Å²) >= 11 is 0. The SMILES string of the molecule is CCC(=O)N1CCN([C@@H]2CCc3ccc(OC)cc32)CC1. The van der Waals surface area contributed by atoms with Gasteiger partial charge in [0.25, 0.3) is 0 Å². The molecule has 4 nitrogen and oxygen atoms in total. The largest absolute Gasteiger partial charge is 0.497 e. The molecule has 1 saturated heterocycles. The second-order valence-electron chi connectivity index (χ2n) is 5.89. The van der Waals surface area contributed by atoms with Crippen LogP contribution in [0.2, 0.25) is 0 Å². The third-order valence-corrected chi connectivity index (χ3v) is 4.81. The first-order chi connectivity index (χ1) is 10.2. The van der Waals surface area contributed by atoms with Crippen LogP contribution in [-0.2, 0) is 11.2 Å². The van der Waals surface area contributed by atoms with Crippen molar-refractivity contribution >= 4 is 5.91 Å². The average molecular weight is 288 g/mol. The second-order valence-corrected chi connectivity index (χ2v) is 5.89. The standard InChI is InChI=1S/C17H24N2O2/c1-3-17(20)19-10-8-18(9-11-19)16-7-5-13-4-6-14(21-2)12-15(13)16/h4,6,12,16H,3,5,7-11H2,1-2H3/t16-/m1/s1. The molecule has 1 atom stereocenters. The zero-order valence-corrected chi connectivity index (χ0v) is 13.0. The van der Waals surface area contributed by atoms with Crippen molar-refractivity contribution in [1.29, 1.82) is 0 Å². The normalized spacial score (nSPS) is 22.2. The summed E-state index contributed by atoms with van der Waals surface area (Å²) in [4.78, 5) is 16.3. The minimum atomic E-state index is 0.281. The molecule has 1 heterocycles. The van der Waals surface area contributed by atoms with E-state index in [4.69, 9.17) is 4.74 Å². The number of nitrogens with zero attached hydrogens (tertiary/aromatic N) is 2. The van der Waals surface area contributed by atoms with Crippen LogP contribution in [0.4, 0.5) is 0 Å². The zero-order chi connectivity index (χ0) is 14.8. The van der Waals surface area contributed by atoms with Crippen LogP contribution in [0.25, 0.3) is 0 Å². The van der Waals surface area contributed by atoms with Crippen molar-refractivity contribution in [3.05, 3.63) is 29.3 Å². The van der Waals surface area contributed by atoms with Crippen molar-refractivity contribution in [2.45, 2.75) is 32.2 Å². The lowest BCUT2D eigenvalue weighted by Gasteiger charge is -2.38. The highest BCUT2D eigenvalue weighted by atomic mass is 16.5. The first-order valence-corrected chi connectivity index (χ1v) is 7.91. The zero-order valence-electron chi connectivity index (χ0n) is 13.0. The van der Waals surface area contributed by atoms with Crippen LogP contribution >= 0.6 is 0 Å². The van der Waals surface area contributed by atoms with Gasteiger partial charge in [0.05, 0.1) is 7.11 Å². The van der Waals surface area contributed by atoms with E-state index in [1.54, 1.807) is 7.11 Å². The van der Waals surface area contributed by atoms with E-state index in [1.807, 2.05) is 11.8 Å². The Labute approximate surface area is 126 Å². The van der Waals surface area contributed by atoms with Gasteiger partial charge in [0.1, 0.15) is 5.75 Å². The van der Waals surface area contributed by atoms with Crippen LogP contribution in [-0.4, -0.2) is 49.0 Å². The fraction of sp³-hybridized carbons (Fsp3) is 0.588. The maximum atomic E-state index is 11.8. The van der Waals surface area contributed by atoms with Crippen molar-refractivity contribution < 1.29 is 9.53 Å². The molecule has 3 rings (SSSR count). The third-order valence-electron chi connectivity index (χ3n) is 4.81. The quantitative estimate of drug-likeness (QED) is 0.855. The molecule has 114 valence electrons. The van der Waals surface area contributed by atoms with E-state index in [0.717, 1.165) is 38.3 Å². The molecule has 1 aliphatic carbocycles. The average Bonchev–Trinajstić information content (AvgIpc) is 2.97. The number of aryl methyl sites for hydroxylation is 1. The molecule has 21 heavy (non-hydrogen) atoms. The number of hydrogen-bond acceptors (Lipinski definition) is 3. The van der Waals surface area contributed by atoms with Crippen molar-refractivity contribution in [2.75, 3.05) is 33.3 Å². The van der Waals surface area contributed by atoms with E-state index in [-0.39, 0.29) is 5.91 Å². The molecular weight excluding hydrogens is 264 g/mol. The summed E-state index contributed by atoms with van der Waals surface area (Å²) in [5.41, 5.74) is 2.87. The molecular formula is C17H24N2O2. The minimum absolute atomic E-state index is 0.281. The first-order valence-electron chi connectivity index (χ1n) is 7.91. The Balaban J connectivity index is 1.69. The molecule has 1 aromatic carbocycles. The Kier molecular flexibility index (Phi) is 4.15. The Morgan fingerprint density at radius 1 is 1.29 bits per heavy atom. The molecule has 1 aliphatic heterocycles. The molecule has 0 spiro atoms. The summed E-state index contributed by atoms with van der Waals surface area (Å²) in [6.07, 6.45) is 2.95. The van der Waals surface area contributed by atoms with Crippen molar-refractivity contribution in [3.8, 4) is 5.75 Å². The van der Waals surface area contributed by atoms with Crippen LogP contribution in [0.1, 0.15) is 36.9 Å². The monoisotopic (exact) mass is 288 g/mol. The van der Waals surface area contributed by atoms with Gasteiger partial charge in [-0.05, 0) is 36.1 Å². The smallest absolute Gasteiger partial charge is 0.222 e. The van der Waals surface area contributed by atoms with Gasteiger partial charge in [-0.25, -0.2) is 0 Å². The molecule has 0 radical (unpaired) electrons. The summed E-state index contributed by atoms with van der Waals surface area (Å²) in [6, 6.07) is 6.94. The lowest BCUT2D eigenvalue weighted by atomic mass is 10.1. The van der Waals surface area contributed by atoms with Crippen LogP contribution in [0.3, 0.4) is 0 Å². The highest BCUT2D eigenvalue weighted by Gasteiger charge is 2.31. The van der Waals surface area contributed by atoms with Gasteiger partial charge in [-0.1, -0.05) is 13.0 Å². The highest BCUT2D eigenvalue weighted by molar-refractivity contribution is 5.75. The Morgan fingerprint density at radius 2 is 2.05 bits per heavy atom. The maximum absolute atomic E-state index is 11.8. The lowest BCUT2D eigenvalue weighted by molar-refractivity contribution is -0.132. The van der Waals surface area contributed by atoms with Crippen LogP contribution in [0.5, 0.6) is 5.75 Å². The van der Waals surface area contributed by atoms with E-state index >= 15 is 0 Å². The van der Waals surface area contributed by atoms with Crippen LogP contribution in [0, 0.1) is 0 Å². The van der Waals surface area contributed by atoms with Gasteiger partial charge in [0.2, 0.25) is 5.91 Å².